The zero-order valence-corrected chi connectivity index (χ0v) is 19.0. The molecule has 0 spiro atoms. The molecule has 1 saturated carbocycles. The van der Waals surface area contributed by atoms with Gasteiger partial charge in [0, 0.05) is 22.6 Å². The van der Waals surface area contributed by atoms with E-state index in [9.17, 15) is 18.4 Å². The van der Waals surface area contributed by atoms with Crippen molar-refractivity contribution in [2.75, 3.05) is 20.8 Å². The highest BCUT2D eigenvalue weighted by Crippen LogP contribution is 2.45. The highest BCUT2D eigenvalue weighted by Gasteiger charge is 2.35. The number of carbonyl (C=O) groups is 2. The summed E-state index contributed by atoms with van der Waals surface area (Å²) >= 11 is 0. The Balaban J connectivity index is 1.69. The Hall–Kier alpha value is -3.49. The van der Waals surface area contributed by atoms with E-state index in [1.807, 2.05) is 0 Å². The summed E-state index contributed by atoms with van der Waals surface area (Å²) in [5.74, 6) is -0.587. The lowest BCUT2D eigenvalue weighted by molar-refractivity contribution is -0.139. The Morgan fingerprint density at radius 2 is 1.82 bits per heavy atom. The van der Waals surface area contributed by atoms with Crippen LogP contribution >= 0.6 is 0 Å². The predicted octanol–water partition coefficient (Wildman–Crippen LogP) is 4.08. The van der Waals surface area contributed by atoms with Gasteiger partial charge >= 0.3 is 12.6 Å². The molecule has 2 aromatic carbocycles. The number of ether oxygens (including phenoxy) is 3. The number of amides is 1. The number of rotatable bonds is 7. The standard InChI is InChI=1S/C25H26F2N2O5/c1-32-20-12-18-17(11-21(20)34-25(26)27)16-5-3-4-6-19(16)29-23(18)14-7-9-15(10-8-14)24(31)28-13-22(30)33-2/h7-12,16,19,25H,3-6,13H2,1-2H3,(H,28,31)/t16-,19-/m1/s1. The lowest BCUT2D eigenvalue weighted by atomic mass is 9.75. The molecule has 2 aliphatic rings. The maximum Gasteiger partial charge on any atom is 0.387 e. The van der Waals surface area contributed by atoms with Gasteiger partial charge in [0.2, 0.25) is 0 Å². The maximum absolute atomic E-state index is 13.0. The number of benzene rings is 2. The van der Waals surface area contributed by atoms with E-state index in [1.54, 1.807) is 36.4 Å². The Kier molecular flexibility index (Phi) is 7.09. The van der Waals surface area contributed by atoms with E-state index in [-0.39, 0.29) is 30.0 Å². The van der Waals surface area contributed by atoms with Crippen LogP contribution in [0.2, 0.25) is 0 Å². The molecule has 1 amide bonds. The normalized spacial score (nSPS) is 18.9. The molecule has 1 N–H and O–H groups in total. The first-order valence-corrected chi connectivity index (χ1v) is 11.1. The number of nitrogens with one attached hydrogen (secondary N) is 1. The molecule has 9 heteroatoms. The first-order chi connectivity index (χ1) is 16.4. The van der Waals surface area contributed by atoms with Gasteiger partial charge in [-0.05, 0) is 42.7 Å². The first-order valence-electron chi connectivity index (χ1n) is 11.1. The average molecular weight is 472 g/mol. The number of halogens is 2. The van der Waals surface area contributed by atoms with E-state index >= 15 is 0 Å². The zero-order chi connectivity index (χ0) is 24.2. The molecular formula is C25H26F2N2O5. The summed E-state index contributed by atoms with van der Waals surface area (Å²) in [6.45, 7) is -3.17. The van der Waals surface area contributed by atoms with Gasteiger partial charge in [0.1, 0.15) is 6.54 Å². The largest absolute Gasteiger partial charge is 0.493 e. The van der Waals surface area contributed by atoms with E-state index in [0.717, 1.165) is 48.1 Å². The van der Waals surface area contributed by atoms with Crippen LogP contribution in [0.15, 0.2) is 41.4 Å². The smallest absolute Gasteiger partial charge is 0.387 e. The number of nitrogens with zero attached hydrogens (tertiary/aromatic N) is 1. The second-order valence-electron chi connectivity index (χ2n) is 8.24. The molecule has 0 aromatic heterocycles. The predicted molar refractivity (Wildman–Crippen MR) is 121 cm³/mol. The number of aliphatic imine (C=N–C) groups is 1. The van der Waals surface area contributed by atoms with Gasteiger partial charge in [-0.1, -0.05) is 25.0 Å². The van der Waals surface area contributed by atoms with Crippen LogP contribution in [0.25, 0.3) is 0 Å². The van der Waals surface area contributed by atoms with Crippen LogP contribution in [0.1, 0.15) is 58.6 Å². The van der Waals surface area contributed by atoms with Crippen LogP contribution in [0, 0.1) is 0 Å². The summed E-state index contributed by atoms with van der Waals surface area (Å²) in [6, 6.07) is 10.3. The molecule has 0 radical (unpaired) electrons. The first kappa shape index (κ1) is 23.7. The van der Waals surface area contributed by atoms with Crippen molar-refractivity contribution >= 4 is 17.6 Å². The Bertz CT molecular complexity index is 1100. The summed E-state index contributed by atoms with van der Waals surface area (Å²) in [7, 11) is 2.66. The molecule has 0 saturated heterocycles. The fourth-order valence-electron chi connectivity index (χ4n) is 4.64. The van der Waals surface area contributed by atoms with Gasteiger partial charge in [-0.25, -0.2) is 0 Å². The molecule has 1 fully saturated rings. The summed E-state index contributed by atoms with van der Waals surface area (Å²) in [5, 5.41) is 2.50. The van der Waals surface area contributed by atoms with Gasteiger partial charge in [0.25, 0.3) is 5.91 Å². The average Bonchev–Trinajstić information content (AvgIpc) is 2.86. The molecule has 180 valence electrons. The minimum absolute atomic E-state index is 0.0134. The summed E-state index contributed by atoms with van der Waals surface area (Å²) in [4.78, 5) is 28.6. The van der Waals surface area contributed by atoms with Crippen LogP contribution in [0.3, 0.4) is 0 Å². The van der Waals surface area contributed by atoms with E-state index in [2.05, 4.69) is 10.1 Å². The highest BCUT2D eigenvalue weighted by molar-refractivity contribution is 6.15. The third kappa shape index (κ3) is 4.88. The second-order valence-corrected chi connectivity index (χ2v) is 8.24. The molecule has 2 aromatic rings. The Labute approximate surface area is 196 Å². The van der Waals surface area contributed by atoms with Gasteiger partial charge in [0.15, 0.2) is 11.5 Å². The lowest BCUT2D eigenvalue weighted by Gasteiger charge is -2.35. The van der Waals surface area contributed by atoms with Crippen molar-refractivity contribution in [1.29, 1.82) is 0 Å². The molecule has 34 heavy (non-hydrogen) atoms. The van der Waals surface area contributed by atoms with Gasteiger partial charge in [0.05, 0.1) is 26.0 Å². The molecule has 1 aliphatic carbocycles. The number of fused-ring (bicyclic) bond motifs is 3. The van der Waals surface area contributed by atoms with Gasteiger partial charge < -0.3 is 19.5 Å². The number of hydrogen-bond donors (Lipinski definition) is 1. The van der Waals surface area contributed by atoms with Gasteiger partial charge in [-0.15, -0.1) is 0 Å². The molecule has 0 unspecified atom stereocenters. The van der Waals surface area contributed by atoms with Gasteiger partial charge in [-0.3, -0.25) is 14.6 Å². The van der Waals surface area contributed by atoms with Crippen molar-refractivity contribution in [2.45, 2.75) is 44.3 Å². The number of methoxy groups -OCH3 is 2. The van der Waals surface area contributed by atoms with Crippen molar-refractivity contribution in [3.05, 3.63) is 58.7 Å². The topological polar surface area (TPSA) is 86.2 Å². The van der Waals surface area contributed by atoms with Crippen LogP contribution in [-0.4, -0.2) is 51.0 Å². The third-order valence-electron chi connectivity index (χ3n) is 6.27. The third-order valence-corrected chi connectivity index (χ3v) is 6.27. The maximum atomic E-state index is 13.0. The van der Waals surface area contributed by atoms with E-state index in [0.29, 0.717) is 5.56 Å². The minimum atomic E-state index is -2.95. The van der Waals surface area contributed by atoms with E-state index in [4.69, 9.17) is 14.5 Å². The highest BCUT2D eigenvalue weighted by atomic mass is 19.3. The Morgan fingerprint density at radius 3 is 2.50 bits per heavy atom. The van der Waals surface area contributed by atoms with Crippen molar-refractivity contribution in [3.63, 3.8) is 0 Å². The fraction of sp³-hybridized carbons (Fsp3) is 0.400. The monoisotopic (exact) mass is 472 g/mol. The number of carbonyl (C=O) groups excluding carboxylic acids is 2. The fourth-order valence-corrected chi connectivity index (χ4v) is 4.64. The van der Waals surface area contributed by atoms with Crippen LogP contribution in [0.5, 0.6) is 11.5 Å². The molecule has 1 aliphatic heterocycles. The second kappa shape index (κ2) is 10.2. The quantitative estimate of drug-likeness (QED) is 0.614. The van der Waals surface area contributed by atoms with E-state index < -0.39 is 18.5 Å². The summed E-state index contributed by atoms with van der Waals surface area (Å²) in [5.41, 5.74) is 3.63. The number of hydrogen-bond acceptors (Lipinski definition) is 6. The minimum Gasteiger partial charge on any atom is -0.493 e. The van der Waals surface area contributed by atoms with E-state index in [1.165, 1.54) is 14.2 Å². The zero-order valence-electron chi connectivity index (χ0n) is 19.0. The lowest BCUT2D eigenvalue weighted by Crippen LogP contribution is -2.30. The number of esters is 1. The van der Waals surface area contributed by atoms with Crippen LogP contribution in [-0.2, 0) is 9.53 Å². The van der Waals surface area contributed by atoms with Crippen molar-refractivity contribution in [2.24, 2.45) is 4.99 Å². The summed E-state index contributed by atoms with van der Waals surface area (Å²) < 4.78 is 40.6. The van der Waals surface area contributed by atoms with Crippen molar-refractivity contribution < 1.29 is 32.6 Å². The van der Waals surface area contributed by atoms with Crippen molar-refractivity contribution in [3.8, 4) is 11.5 Å². The Morgan fingerprint density at radius 1 is 1.09 bits per heavy atom. The molecule has 2 atom stereocenters. The molecule has 7 nitrogen and oxygen atoms in total. The molecule has 1 heterocycles. The van der Waals surface area contributed by atoms with Crippen molar-refractivity contribution in [1.82, 2.24) is 5.32 Å². The van der Waals surface area contributed by atoms with Gasteiger partial charge in [-0.2, -0.15) is 8.78 Å². The van der Waals surface area contributed by atoms with Crippen LogP contribution < -0.4 is 14.8 Å². The number of alkyl halides is 2. The molecule has 4 rings (SSSR count). The van der Waals surface area contributed by atoms with Crippen LogP contribution in [0.4, 0.5) is 8.78 Å². The summed E-state index contributed by atoms with van der Waals surface area (Å²) in [6.07, 6.45) is 3.95. The molecular weight excluding hydrogens is 446 g/mol. The SMILES string of the molecule is COC(=O)CNC(=O)c1ccc(C2=N[C@@H]3CCCC[C@@H]3c3cc(OC(F)F)c(OC)cc32)cc1. The molecule has 0 bridgehead atoms.